The molecule has 4 heteroatoms. The van der Waals surface area contributed by atoms with Crippen molar-refractivity contribution in [2.75, 3.05) is 6.26 Å². The molecule has 0 saturated heterocycles. The number of benzene rings is 1. The fourth-order valence-corrected chi connectivity index (χ4v) is 3.36. The third-order valence-electron chi connectivity index (χ3n) is 1.98. The first-order chi connectivity index (χ1) is 6.77. The van der Waals surface area contributed by atoms with Gasteiger partial charge in [0.25, 0.3) is 0 Å². The maximum absolute atomic E-state index is 8.90. The van der Waals surface area contributed by atoms with Gasteiger partial charge in [0.1, 0.15) is 6.07 Å². The monoisotopic (exact) mass is 239 g/mol. The molecule has 1 aromatic carbocycles. The molecule has 0 unspecified atom stereocenters. The molecule has 0 radical (unpaired) electrons. The van der Waals surface area contributed by atoms with E-state index in [2.05, 4.69) is 6.07 Å². The summed E-state index contributed by atoms with van der Waals surface area (Å²) in [6, 6.07) is 5.93. The Balaban J connectivity index is 2.89. The van der Waals surface area contributed by atoms with Gasteiger partial charge >= 0.3 is 0 Å². The lowest BCUT2D eigenvalue weighted by molar-refractivity contribution is 1.46. The number of rotatable bonds is 1. The Morgan fingerprint density at radius 2 is 2.36 bits per heavy atom. The summed E-state index contributed by atoms with van der Waals surface area (Å²) < 4.78 is 1.17. The van der Waals surface area contributed by atoms with Gasteiger partial charge in [-0.05, 0) is 23.8 Å². The molecule has 0 N–H and O–H groups in total. The van der Waals surface area contributed by atoms with Crippen molar-refractivity contribution >= 4 is 44.8 Å². The molecule has 0 bridgehead atoms. The minimum atomic E-state index is 0.557. The molecule has 2 rings (SSSR count). The van der Waals surface area contributed by atoms with Crippen molar-refractivity contribution in [3.05, 3.63) is 28.1 Å². The molecular formula is C10H6ClNS2. The minimum absolute atomic E-state index is 0.557. The summed E-state index contributed by atoms with van der Waals surface area (Å²) in [5.74, 6) is 0. The summed E-state index contributed by atoms with van der Waals surface area (Å²) >= 11 is 9.39. The molecule has 0 atom stereocenters. The fourth-order valence-electron chi connectivity index (χ4n) is 1.31. The van der Waals surface area contributed by atoms with Crippen LogP contribution in [0.4, 0.5) is 0 Å². The van der Waals surface area contributed by atoms with Crippen LogP contribution in [0.3, 0.4) is 0 Å². The quantitative estimate of drug-likeness (QED) is 0.698. The molecule has 0 amide bonds. The highest BCUT2D eigenvalue weighted by atomic mass is 35.5. The lowest BCUT2D eigenvalue weighted by Crippen LogP contribution is -1.80. The van der Waals surface area contributed by atoms with Crippen LogP contribution in [-0.2, 0) is 0 Å². The number of nitriles is 1. The summed E-state index contributed by atoms with van der Waals surface area (Å²) in [5, 5.41) is 12.4. The Morgan fingerprint density at radius 1 is 1.57 bits per heavy atom. The van der Waals surface area contributed by atoms with Crippen LogP contribution in [0.5, 0.6) is 0 Å². The lowest BCUT2D eigenvalue weighted by Gasteiger charge is -2.02. The van der Waals surface area contributed by atoms with Gasteiger partial charge in [-0.3, -0.25) is 0 Å². The Hall–Kier alpha value is -0.690. The van der Waals surface area contributed by atoms with Crippen LogP contribution in [0.25, 0.3) is 10.1 Å². The van der Waals surface area contributed by atoms with E-state index >= 15 is 0 Å². The van der Waals surface area contributed by atoms with E-state index in [1.54, 1.807) is 23.1 Å². The van der Waals surface area contributed by atoms with E-state index in [1.807, 2.05) is 23.8 Å². The van der Waals surface area contributed by atoms with Gasteiger partial charge in [0, 0.05) is 15.0 Å². The fraction of sp³-hybridized carbons (Fsp3) is 0.100. The average molecular weight is 240 g/mol. The largest absolute Gasteiger partial charge is 0.192 e. The summed E-state index contributed by atoms with van der Waals surface area (Å²) in [6.07, 6.45) is 2.00. The number of thioether (sulfide) groups is 1. The van der Waals surface area contributed by atoms with E-state index in [1.165, 1.54) is 4.70 Å². The smallest absolute Gasteiger partial charge is 0.101 e. The predicted octanol–water partition coefficient (Wildman–Crippen LogP) is 4.15. The van der Waals surface area contributed by atoms with Crippen LogP contribution in [0.2, 0.25) is 5.02 Å². The van der Waals surface area contributed by atoms with Gasteiger partial charge in [-0.2, -0.15) is 5.26 Å². The molecule has 0 fully saturated rings. The molecule has 70 valence electrons. The van der Waals surface area contributed by atoms with Crippen LogP contribution < -0.4 is 0 Å². The van der Waals surface area contributed by atoms with Crippen LogP contribution >= 0.6 is 34.7 Å². The second-order valence-corrected chi connectivity index (χ2v) is 4.86. The van der Waals surface area contributed by atoms with E-state index < -0.39 is 0 Å². The van der Waals surface area contributed by atoms with Crippen molar-refractivity contribution in [1.29, 1.82) is 5.26 Å². The third kappa shape index (κ3) is 1.40. The van der Waals surface area contributed by atoms with E-state index in [0.717, 1.165) is 10.3 Å². The highest BCUT2D eigenvalue weighted by molar-refractivity contribution is 7.99. The zero-order valence-corrected chi connectivity index (χ0v) is 9.76. The molecule has 0 aliphatic rings. The van der Waals surface area contributed by atoms with Crippen LogP contribution in [0.1, 0.15) is 5.56 Å². The summed E-state index contributed by atoms with van der Waals surface area (Å²) in [7, 11) is 0. The zero-order valence-electron chi connectivity index (χ0n) is 7.37. The number of thiophene rings is 1. The molecule has 0 aliphatic carbocycles. The molecule has 0 spiro atoms. The van der Waals surface area contributed by atoms with Crippen molar-refractivity contribution < 1.29 is 0 Å². The van der Waals surface area contributed by atoms with Crippen LogP contribution in [0, 0.1) is 11.3 Å². The second-order valence-electron chi connectivity index (χ2n) is 2.72. The molecule has 1 aromatic heterocycles. The number of fused-ring (bicyclic) bond motifs is 1. The molecule has 1 heterocycles. The van der Waals surface area contributed by atoms with Gasteiger partial charge in [0.15, 0.2) is 0 Å². The van der Waals surface area contributed by atoms with E-state index in [0.29, 0.717) is 10.6 Å². The molecule has 2 aromatic rings. The molecule has 0 aliphatic heterocycles. The van der Waals surface area contributed by atoms with Crippen LogP contribution in [-0.4, -0.2) is 6.26 Å². The third-order valence-corrected chi connectivity index (χ3v) is 4.22. The van der Waals surface area contributed by atoms with Crippen molar-refractivity contribution in [3.63, 3.8) is 0 Å². The Morgan fingerprint density at radius 3 is 3.00 bits per heavy atom. The van der Waals surface area contributed by atoms with Crippen molar-refractivity contribution in [1.82, 2.24) is 0 Å². The SMILES string of the molecule is CSc1cc(C#N)c(Cl)c2ccsc12. The van der Waals surface area contributed by atoms with Gasteiger partial charge in [-0.15, -0.1) is 23.1 Å². The number of hydrogen-bond acceptors (Lipinski definition) is 3. The van der Waals surface area contributed by atoms with Crippen molar-refractivity contribution in [2.45, 2.75) is 4.90 Å². The van der Waals surface area contributed by atoms with E-state index in [4.69, 9.17) is 16.9 Å². The van der Waals surface area contributed by atoms with Crippen molar-refractivity contribution in [2.24, 2.45) is 0 Å². The minimum Gasteiger partial charge on any atom is -0.192 e. The first-order valence-corrected chi connectivity index (χ1v) is 6.40. The highest BCUT2D eigenvalue weighted by Crippen LogP contribution is 2.37. The first-order valence-electron chi connectivity index (χ1n) is 3.91. The average Bonchev–Trinajstić information content (AvgIpc) is 2.68. The predicted molar refractivity (Wildman–Crippen MR) is 63.3 cm³/mol. The maximum Gasteiger partial charge on any atom is 0.101 e. The van der Waals surface area contributed by atoms with E-state index in [-0.39, 0.29) is 0 Å². The van der Waals surface area contributed by atoms with Gasteiger partial charge < -0.3 is 0 Å². The normalized spacial score (nSPS) is 10.4. The standard InChI is InChI=1S/C10H6ClNS2/c1-13-8-4-6(5-12)9(11)7-2-3-14-10(7)8/h2-4H,1H3. The summed E-state index contributed by atoms with van der Waals surface area (Å²) in [5.41, 5.74) is 0.557. The second kappa shape index (κ2) is 3.82. The highest BCUT2D eigenvalue weighted by Gasteiger charge is 2.10. The van der Waals surface area contributed by atoms with Crippen LogP contribution in [0.15, 0.2) is 22.4 Å². The van der Waals surface area contributed by atoms with Gasteiger partial charge in [-0.25, -0.2) is 0 Å². The van der Waals surface area contributed by atoms with E-state index in [9.17, 15) is 0 Å². The van der Waals surface area contributed by atoms with Gasteiger partial charge in [-0.1, -0.05) is 11.6 Å². The number of nitrogens with zero attached hydrogens (tertiary/aromatic N) is 1. The number of hydrogen-bond donors (Lipinski definition) is 0. The summed E-state index contributed by atoms with van der Waals surface area (Å²) in [6.45, 7) is 0. The van der Waals surface area contributed by atoms with Gasteiger partial charge in [0.2, 0.25) is 0 Å². The molecule has 1 nitrogen and oxygen atoms in total. The molecule has 14 heavy (non-hydrogen) atoms. The first kappa shape index (κ1) is 9.85. The Bertz CT molecular complexity index is 525. The molecular weight excluding hydrogens is 234 g/mol. The van der Waals surface area contributed by atoms with Crippen molar-refractivity contribution in [3.8, 4) is 6.07 Å². The molecule has 0 saturated carbocycles. The number of halogens is 1. The maximum atomic E-state index is 8.90. The summed E-state index contributed by atoms with van der Waals surface area (Å²) in [4.78, 5) is 1.12. The lowest BCUT2D eigenvalue weighted by atomic mass is 10.2. The zero-order chi connectivity index (χ0) is 10.1. The van der Waals surface area contributed by atoms with Gasteiger partial charge in [0.05, 0.1) is 10.6 Å². The topological polar surface area (TPSA) is 23.8 Å². The Labute approximate surface area is 95.3 Å². The Kier molecular flexibility index (Phi) is 2.69.